The number of nitrogens with two attached hydrogens (primary N) is 1. The van der Waals surface area contributed by atoms with Crippen LogP contribution in [0.15, 0.2) is 18.2 Å². The van der Waals surface area contributed by atoms with Crippen molar-refractivity contribution in [2.45, 2.75) is 39.7 Å². The number of nitrogens with zero attached hydrogens (tertiary/aromatic N) is 1. The molecule has 0 atom stereocenters. The number of anilines is 1. The predicted octanol–water partition coefficient (Wildman–Crippen LogP) is 3.25. The molecule has 0 unspecified atom stereocenters. The fourth-order valence-electron chi connectivity index (χ4n) is 2.44. The zero-order chi connectivity index (χ0) is 13.3. The highest BCUT2D eigenvalue weighted by atomic mass is 32.1. The van der Waals surface area contributed by atoms with Crippen molar-refractivity contribution >= 4 is 22.9 Å². The van der Waals surface area contributed by atoms with Crippen LogP contribution in [0.1, 0.15) is 37.8 Å². The van der Waals surface area contributed by atoms with Gasteiger partial charge in [0.25, 0.3) is 0 Å². The van der Waals surface area contributed by atoms with Gasteiger partial charge in [0.1, 0.15) is 4.99 Å². The van der Waals surface area contributed by atoms with Crippen molar-refractivity contribution in [1.29, 1.82) is 0 Å². The summed E-state index contributed by atoms with van der Waals surface area (Å²) in [5.41, 5.74) is 9.43. The number of para-hydroxylation sites is 1. The van der Waals surface area contributed by atoms with Gasteiger partial charge in [0.05, 0.1) is 5.69 Å². The summed E-state index contributed by atoms with van der Waals surface area (Å²) in [6.45, 7) is 7.74. The summed E-state index contributed by atoms with van der Waals surface area (Å²) in [5.74, 6) is 0.643. The molecule has 2 rings (SSSR count). The maximum Gasteiger partial charge on any atom is 0.106 e. The highest BCUT2D eigenvalue weighted by molar-refractivity contribution is 7.80. The molecule has 0 heterocycles. The summed E-state index contributed by atoms with van der Waals surface area (Å²) in [5, 5.41) is 0. The molecule has 0 amide bonds. The van der Waals surface area contributed by atoms with E-state index in [1.807, 2.05) is 12.1 Å². The normalized spacial score (nSPS) is 14.9. The highest BCUT2D eigenvalue weighted by Gasteiger charge is 2.31. The summed E-state index contributed by atoms with van der Waals surface area (Å²) in [6, 6.07) is 6.91. The van der Waals surface area contributed by atoms with Gasteiger partial charge in [-0.25, -0.2) is 0 Å². The average molecular weight is 262 g/mol. The van der Waals surface area contributed by atoms with Gasteiger partial charge in [-0.1, -0.05) is 38.2 Å². The molecule has 18 heavy (non-hydrogen) atoms. The summed E-state index contributed by atoms with van der Waals surface area (Å²) in [4.78, 5) is 3.01. The lowest BCUT2D eigenvalue weighted by atomic mass is 10.0. The Balaban J connectivity index is 2.42. The molecule has 2 nitrogen and oxygen atoms in total. The predicted molar refractivity (Wildman–Crippen MR) is 82.3 cm³/mol. The number of rotatable bonds is 5. The van der Waals surface area contributed by atoms with Gasteiger partial charge in [0.15, 0.2) is 0 Å². The summed E-state index contributed by atoms with van der Waals surface area (Å²) >= 11 is 5.20. The van der Waals surface area contributed by atoms with Gasteiger partial charge >= 0.3 is 0 Å². The van der Waals surface area contributed by atoms with E-state index in [1.54, 1.807) is 0 Å². The van der Waals surface area contributed by atoms with Crippen LogP contribution in [-0.2, 0) is 0 Å². The molecule has 0 saturated heterocycles. The van der Waals surface area contributed by atoms with Crippen molar-refractivity contribution in [3.05, 3.63) is 29.3 Å². The van der Waals surface area contributed by atoms with Crippen LogP contribution in [0.4, 0.5) is 5.69 Å². The topological polar surface area (TPSA) is 29.3 Å². The first-order valence-corrected chi connectivity index (χ1v) is 7.07. The molecule has 0 aromatic heterocycles. The first kappa shape index (κ1) is 13.3. The van der Waals surface area contributed by atoms with Crippen LogP contribution in [0.25, 0.3) is 0 Å². The first-order chi connectivity index (χ1) is 8.50. The maximum atomic E-state index is 5.88. The van der Waals surface area contributed by atoms with E-state index in [0.29, 0.717) is 16.9 Å². The first-order valence-electron chi connectivity index (χ1n) is 6.66. The number of aryl methyl sites for hydroxylation is 1. The Bertz CT molecular complexity index is 450. The van der Waals surface area contributed by atoms with Crippen LogP contribution < -0.4 is 10.6 Å². The van der Waals surface area contributed by atoms with E-state index in [2.05, 4.69) is 31.7 Å². The molecule has 1 fully saturated rings. The smallest absolute Gasteiger partial charge is 0.106 e. The quantitative estimate of drug-likeness (QED) is 0.826. The molecule has 1 aliphatic carbocycles. The van der Waals surface area contributed by atoms with Crippen LogP contribution in [0.2, 0.25) is 0 Å². The van der Waals surface area contributed by atoms with E-state index < -0.39 is 0 Å². The Labute approximate surface area is 115 Å². The third-order valence-electron chi connectivity index (χ3n) is 3.34. The van der Waals surface area contributed by atoms with Crippen LogP contribution >= 0.6 is 12.2 Å². The SMILES string of the molecule is Cc1cccc(C(N)=S)c1N(CC(C)C)C1CC1. The Morgan fingerprint density at radius 2 is 2.11 bits per heavy atom. The molecule has 98 valence electrons. The molecule has 1 saturated carbocycles. The van der Waals surface area contributed by atoms with Gasteiger partial charge in [0, 0.05) is 18.2 Å². The van der Waals surface area contributed by atoms with Crippen LogP contribution in [0.5, 0.6) is 0 Å². The molecule has 0 radical (unpaired) electrons. The minimum absolute atomic E-state index is 0.503. The largest absolute Gasteiger partial charge is 0.389 e. The third kappa shape index (κ3) is 2.83. The minimum Gasteiger partial charge on any atom is -0.389 e. The minimum atomic E-state index is 0.503. The molecular weight excluding hydrogens is 240 g/mol. The van der Waals surface area contributed by atoms with Gasteiger partial charge in [-0.15, -0.1) is 0 Å². The lowest BCUT2D eigenvalue weighted by Gasteiger charge is -2.30. The zero-order valence-electron chi connectivity index (χ0n) is 11.4. The summed E-state index contributed by atoms with van der Waals surface area (Å²) < 4.78 is 0. The van der Waals surface area contributed by atoms with Gasteiger partial charge < -0.3 is 10.6 Å². The maximum absolute atomic E-state index is 5.88. The molecular formula is C15H22N2S. The average Bonchev–Trinajstić information content (AvgIpc) is 3.09. The van der Waals surface area contributed by atoms with Crippen LogP contribution in [0, 0.1) is 12.8 Å². The Morgan fingerprint density at radius 3 is 2.61 bits per heavy atom. The second-order valence-corrected chi connectivity index (χ2v) is 6.05. The standard InChI is InChI=1S/C15H22N2S/c1-10(2)9-17(12-7-8-12)14-11(3)5-4-6-13(14)15(16)18/h4-6,10,12H,7-9H2,1-3H3,(H2,16,18). The van der Waals surface area contributed by atoms with Gasteiger partial charge in [-0.2, -0.15) is 0 Å². The molecule has 3 heteroatoms. The lowest BCUT2D eigenvalue weighted by Crippen LogP contribution is -2.32. The second-order valence-electron chi connectivity index (χ2n) is 5.61. The molecule has 0 aliphatic heterocycles. The molecule has 0 bridgehead atoms. The number of hydrogen-bond acceptors (Lipinski definition) is 2. The monoisotopic (exact) mass is 262 g/mol. The van der Waals surface area contributed by atoms with Crippen molar-refractivity contribution in [2.75, 3.05) is 11.4 Å². The molecule has 1 aliphatic rings. The van der Waals surface area contributed by atoms with Crippen LogP contribution in [0.3, 0.4) is 0 Å². The zero-order valence-corrected chi connectivity index (χ0v) is 12.3. The molecule has 1 aromatic carbocycles. The fraction of sp³-hybridized carbons (Fsp3) is 0.533. The van der Waals surface area contributed by atoms with E-state index in [-0.39, 0.29) is 0 Å². The Morgan fingerprint density at radius 1 is 1.44 bits per heavy atom. The van der Waals surface area contributed by atoms with E-state index in [4.69, 9.17) is 18.0 Å². The summed E-state index contributed by atoms with van der Waals surface area (Å²) in [7, 11) is 0. The van der Waals surface area contributed by atoms with E-state index >= 15 is 0 Å². The highest BCUT2D eigenvalue weighted by Crippen LogP contribution is 2.36. The van der Waals surface area contributed by atoms with E-state index in [1.165, 1.54) is 24.1 Å². The fourth-order valence-corrected chi connectivity index (χ4v) is 2.61. The lowest BCUT2D eigenvalue weighted by molar-refractivity contribution is 0.606. The van der Waals surface area contributed by atoms with Crippen molar-refractivity contribution in [3.63, 3.8) is 0 Å². The molecule has 0 spiro atoms. The second kappa shape index (κ2) is 5.27. The van der Waals surface area contributed by atoms with Crippen molar-refractivity contribution < 1.29 is 0 Å². The van der Waals surface area contributed by atoms with Crippen molar-refractivity contribution in [3.8, 4) is 0 Å². The Kier molecular flexibility index (Phi) is 3.91. The van der Waals surface area contributed by atoms with Gasteiger partial charge in [-0.05, 0) is 37.3 Å². The number of thiocarbonyl (C=S) groups is 1. The number of benzene rings is 1. The van der Waals surface area contributed by atoms with Gasteiger partial charge in [-0.3, -0.25) is 0 Å². The van der Waals surface area contributed by atoms with Crippen molar-refractivity contribution in [1.82, 2.24) is 0 Å². The van der Waals surface area contributed by atoms with E-state index in [9.17, 15) is 0 Å². The van der Waals surface area contributed by atoms with Crippen LogP contribution in [-0.4, -0.2) is 17.6 Å². The molecule has 1 aromatic rings. The third-order valence-corrected chi connectivity index (χ3v) is 3.56. The number of hydrogen-bond donors (Lipinski definition) is 1. The molecule has 2 N–H and O–H groups in total. The van der Waals surface area contributed by atoms with E-state index in [0.717, 1.165) is 12.1 Å². The van der Waals surface area contributed by atoms with Gasteiger partial charge in [0.2, 0.25) is 0 Å². The van der Waals surface area contributed by atoms with Crippen molar-refractivity contribution in [2.24, 2.45) is 11.7 Å². The Hall–Kier alpha value is -1.09. The summed E-state index contributed by atoms with van der Waals surface area (Å²) in [6.07, 6.45) is 2.58.